The normalized spacial score (nSPS) is 10.8. The smallest absolute Gasteiger partial charge is 0.230 e. The fraction of sp³-hybridized carbons (Fsp3) is 0.300. The van der Waals surface area contributed by atoms with Gasteiger partial charge >= 0.3 is 0 Å². The quantitative estimate of drug-likeness (QED) is 0.603. The monoisotopic (exact) mass is 386 g/mol. The fourth-order valence-corrected chi connectivity index (χ4v) is 3.95. The molecule has 1 N–H and O–H groups in total. The van der Waals surface area contributed by atoms with Gasteiger partial charge in [-0.05, 0) is 42.5 Å². The van der Waals surface area contributed by atoms with Crippen LogP contribution in [0.1, 0.15) is 28.8 Å². The molecule has 2 heterocycles. The Hall–Kier alpha value is -2.05. The fourth-order valence-electron chi connectivity index (χ4n) is 2.46. The van der Waals surface area contributed by atoms with Crippen molar-refractivity contribution in [3.8, 4) is 11.5 Å². The summed E-state index contributed by atoms with van der Waals surface area (Å²) in [6, 6.07) is 12.3. The molecular weight excluding hydrogens is 364 g/mol. The van der Waals surface area contributed by atoms with Gasteiger partial charge in [0.1, 0.15) is 5.76 Å². The third kappa shape index (κ3) is 4.99. The SMILES string of the molecule is CCc1ccc(-c2nc(CSCC(=O)NCc3cccs3)c(C)o2)cc1. The summed E-state index contributed by atoms with van der Waals surface area (Å²) < 4.78 is 5.80. The minimum Gasteiger partial charge on any atom is -0.441 e. The maximum absolute atomic E-state index is 11.9. The molecule has 0 unspecified atom stereocenters. The molecule has 0 spiro atoms. The largest absolute Gasteiger partial charge is 0.441 e. The van der Waals surface area contributed by atoms with Crippen LogP contribution in [-0.2, 0) is 23.5 Å². The van der Waals surface area contributed by atoms with E-state index < -0.39 is 0 Å². The maximum atomic E-state index is 11.9. The Labute approximate surface area is 162 Å². The standard InChI is InChI=1S/C20H22N2O2S2/c1-3-15-6-8-16(9-7-15)20-22-18(14(2)24-20)12-25-13-19(23)21-11-17-5-4-10-26-17/h4-10H,3,11-13H2,1-2H3,(H,21,23). The number of benzene rings is 1. The van der Waals surface area contributed by atoms with Gasteiger partial charge < -0.3 is 9.73 Å². The molecule has 1 aromatic carbocycles. The van der Waals surface area contributed by atoms with Crippen molar-refractivity contribution >= 4 is 29.0 Å². The topological polar surface area (TPSA) is 55.1 Å². The van der Waals surface area contributed by atoms with E-state index in [2.05, 4.69) is 29.4 Å². The molecule has 0 aliphatic heterocycles. The van der Waals surface area contributed by atoms with Crippen LogP contribution in [0.25, 0.3) is 11.5 Å². The van der Waals surface area contributed by atoms with Gasteiger partial charge in [0.2, 0.25) is 11.8 Å². The number of hydrogen-bond donors (Lipinski definition) is 1. The Kier molecular flexibility index (Phi) is 6.52. The lowest BCUT2D eigenvalue weighted by atomic mass is 10.1. The molecule has 3 rings (SSSR count). The molecule has 0 aliphatic rings. The molecule has 0 bridgehead atoms. The number of nitrogens with one attached hydrogen (secondary N) is 1. The third-order valence-corrected chi connectivity index (χ3v) is 5.83. The van der Waals surface area contributed by atoms with Crippen LogP contribution in [0.4, 0.5) is 0 Å². The Morgan fingerprint density at radius 2 is 2.08 bits per heavy atom. The third-order valence-electron chi connectivity index (χ3n) is 4.01. The van der Waals surface area contributed by atoms with Gasteiger partial charge in [0.25, 0.3) is 0 Å². The maximum Gasteiger partial charge on any atom is 0.230 e. The number of amides is 1. The average molecular weight is 387 g/mol. The molecule has 0 radical (unpaired) electrons. The van der Waals surface area contributed by atoms with E-state index in [-0.39, 0.29) is 5.91 Å². The summed E-state index contributed by atoms with van der Waals surface area (Å²) in [6.07, 6.45) is 1.02. The van der Waals surface area contributed by atoms with Crippen LogP contribution in [0.5, 0.6) is 0 Å². The summed E-state index contributed by atoms with van der Waals surface area (Å²) in [5.74, 6) is 2.57. The van der Waals surface area contributed by atoms with E-state index >= 15 is 0 Å². The molecular formula is C20H22N2O2S2. The van der Waals surface area contributed by atoms with Crippen LogP contribution in [-0.4, -0.2) is 16.6 Å². The number of oxazole rings is 1. The zero-order chi connectivity index (χ0) is 18.4. The van der Waals surface area contributed by atoms with Crippen molar-refractivity contribution in [1.29, 1.82) is 0 Å². The summed E-state index contributed by atoms with van der Waals surface area (Å²) in [5.41, 5.74) is 3.17. The van der Waals surface area contributed by atoms with E-state index in [1.807, 2.05) is 36.6 Å². The Bertz CT molecular complexity index is 839. The number of carbonyl (C=O) groups excluding carboxylic acids is 1. The molecule has 3 aromatic rings. The summed E-state index contributed by atoms with van der Waals surface area (Å²) in [6.45, 7) is 4.65. The number of thioether (sulfide) groups is 1. The highest BCUT2D eigenvalue weighted by Crippen LogP contribution is 2.24. The van der Waals surface area contributed by atoms with Gasteiger partial charge in [0, 0.05) is 16.2 Å². The molecule has 26 heavy (non-hydrogen) atoms. The molecule has 2 aromatic heterocycles. The second-order valence-corrected chi connectivity index (χ2v) is 7.94. The van der Waals surface area contributed by atoms with Gasteiger partial charge in [0.15, 0.2) is 0 Å². The van der Waals surface area contributed by atoms with Crippen LogP contribution >= 0.6 is 23.1 Å². The van der Waals surface area contributed by atoms with Crippen molar-refractivity contribution in [3.63, 3.8) is 0 Å². The zero-order valence-corrected chi connectivity index (χ0v) is 16.6. The zero-order valence-electron chi connectivity index (χ0n) is 15.0. The summed E-state index contributed by atoms with van der Waals surface area (Å²) in [7, 11) is 0. The number of thiophene rings is 1. The molecule has 0 aliphatic carbocycles. The van der Waals surface area contributed by atoms with E-state index in [1.54, 1.807) is 23.1 Å². The van der Waals surface area contributed by atoms with Gasteiger partial charge in [-0.3, -0.25) is 4.79 Å². The number of hydrogen-bond acceptors (Lipinski definition) is 5. The minimum absolute atomic E-state index is 0.0416. The second-order valence-electron chi connectivity index (χ2n) is 5.92. The van der Waals surface area contributed by atoms with E-state index in [9.17, 15) is 4.79 Å². The minimum atomic E-state index is 0.0416. The van der Waals surface area contributed by atoms with E-state index in [1.165, 1.54) is 5.56 Å². The Balaban J connectivity index is 1.50. The Morgan fingerprint density at radius 3 is 2.77 bits per heavy atom. The lowest BCUT2D eigenvalue weighted by Crippen LogP contribution is -2.24. The molecule has 0 saturated carbocycles. The highest BCUT2D eigenvalue weighted by atomic mass is 32.2. The van der Waals surface area contributed by atoms with Crippen LogP contribution in [0.2, 0.25) is 0 Å². The molecule has 0 atom stereocenters. The van der Waals surface area contributed by atoms with Crippen LogP contribution in [0.3, 0.4) is 0 Å². The van der Waals surface area contributed by atoms with Gasteiger partial charge in [-0.15, -0.1) is 23.1 Å². The van der Waals surface area contributed by atoms with Crippen molar-refractivity contribution in [2.24, 2.45) is 0 Å². The van der Waals surface area contributed by atoms with Gasteiger partial charge in [0.05, 0.1) is 18.0 Å². The highest BCUT2D eigenvalue weighted by molar-refractivity contribution is 7.99. The van der Waals surface area contributed by atoms with Gasteiger partial charge in [-0.2, -0.15) is 0 Å². The van der Waals surface area contributed by atoms with Crippen molar-refractivity contribution in [2.45, 2.75) is 32.6 Å². The molecule has 1 amide bonds. The first-order valence-corrected chi connectivity index (χ1v) is 10.6. The van der Waals surface area contributed by atoms with Crippen molar-refractivity contribution in [2.75, 3.05) is 5.75 Å². The second kappa shape index (κ2) is 9.05. The van der Waals surface area contributed by atoms with Crippen molar-refractivity contribution in [1.82, 2.24) is 10.3 Å². The molecule has 4 nitrogen and oxygen atoms in total. The van der Waals surface area contributed by atoms with Crippen LogP contribution in [0.15, 0.2) is 46.2 Å². The summed E-state index contributed by atoms with van der Waals surface area (Å²) in [4.78, 5) is 17.7. The van der Waals surface area contributed by atoms with E-state index in [4.69, 9.17) is 4.42 Å². The molecule has 0 fully saturated rings. The predicted octanol–water partition coefficient (Wildman–Crippen LogP) is 4.82. The van der Waals surface area contributed by atoms with Crippen molar-refractivity contribution in [3.05, 3.63) is 63.7 Å². The van der Waals surface area contributed by atoms with E-state index in [0.29, 0.717) is 23.9 Å². The van der Waals surface area contributed by atoms with E-state index in [0.717, 1.165) is 28.3 Å². The highest BCUT2D eigenvalue weighted by Gasteiger charge is 2.12. The molecule has 0 saturated heterocycles. The lowest BCUT2D eigenvalue weighted by molar-refractivity contribution is -0.118. The number of aromatic nitrogens is 1. The van der Waals surface area contributed by atoms with Crippen LogP contribution < -0.4 is 5.32 Å². The first kappa shape index (κ1) is 18.7. The molecule has 136 valence electrons. The summed E-state index contributed by atoms with van der Waals surface area (Å²) in [5, 5.41) is 4.95. The first-order valence-electron chi connectivity index (χ1n) is 8.58. The number of aryl methyl sites for hydroxylation is 2. The van der Waals surface area contributed by atoms with Gasteiger partial charge in [-0.1, -0.05) is 25.1 Å². The number of rotatable bonds is 8. The van der Waals surface area contributed by atoms with Crippen molar-refractivity contribution < 1.29 is 9.21 Å². The molecule has 6 heteroatoms. The first-order chi connectivity index (χ1) is 12.7. The number of carbonyl (C=O) groups is 1. The summed E-state index contributed by atoms with van der Waals surface area (Å²) >= 11 is 3.20. The Morgan fingerprint density at radius 1 is 1.27 bits per heavy atom. The van der Waals surface area contributed by atoms with Crippen LogP contribution in [0, 0.1) is 6.92 Å². The average Bonchev–Trinajstić information content (AvgIpc) is 3.30. The predicted molar refractivity (Wildman–Crippen MR) is 108 cm³/mol. The number of nitrogens with zero attached hydrogens (tertiary/aromatic N) is 1. The van der Waals surface area contributed by atoms with Gasteiger partial charge in [-0.25, -0.2) is 4.98 Å². The lowest BCUT2D eigenvalue weighted by Gasteiger charge is -2.03.